The van der Waals surface area contributed by atoms with Crippen molar-refractivity contribution in [2.24, 2.45) is 11.5 Å². The van der Waals surface area contributed by atoms with Crippen LogP contribution < -0.4 is 27.4 Å². The van der Waals surface area contributed by atoms with Gasteiger partial charge in [0.05, 0.1) is 12.4 Å². The van der Waals surface area contributed by atoms with Gasteiger partial charge in [-0.05, 0) is 42.5 Å². The van der Waals surface area contributed by atoms with Crippen LogP contribution in [0.5, 0.6) is 5.75 Å². The first-order valence-electron chi connectivity index (χ1n) is 12.4. The average molecular weight is 578 g/mol. The number of nitrogens with zero attached hydrogens (tertiary/aromatic N) is 1. The zero-order valence-corrected chi connectivity index (χ0v) is 22.8. The Bertz CT molecular complexity index is 1140. The third-order valence-corrected chi connectivity index (χ3v) is 6.52. The fourth-order valence-electron chi connectivity index (χ4n) is 3.67. The number of imidazole rings is 1. The monoisotopic (exact) mass is 577 g/mol. The van der Waals surface area contributed by atoms with E-state index in [0.717, 1.165) is 0 Å². The first-order chi connectivity index (χ1) is 19.0. The van der Waals surface area contributed by atoms with Gasteiger partial charge < -0.3 is 42.6 Å². The second-order valence-electron chi connectivity index (χ2n) is 9.07. The van der Waals surface area contributed by atoms with E-state index in [1.165, 1.54) is 36.4 Å². The average Bonchev–Trinajstić information content (AvgIpc) is 3.42. The molecule has 0 aliphatic heterocycles. The summed E-state index contributed by atoms with van der Waals surface area (Å²) in [4.78, 5) is 68.8. The van der Waals surface area contributed by atoms with Crippen LogP contribution in [0.4, 0.5) is 0 Å². The van der Waals surface area contributed by atoms with Crippen LogP contribution in [0.2, 0.25) is 0 Å². The summed E-state index contributed by atoms with van der Waals surface area (Å²) in [7, 11) is 0. The number of carboxylic acid groups (broad SMARTS) is 1. The van der Waals surface area contributed by atoms with Crippen LogP contribution in [0, 0.1) is 0 Å². The van der Waals surface area contributed by atoms with E-state index in [1.54, 1.807) is 12.1 Å². The quantitative estimate of drug-likeness (QED) is 0.111. The minimum absolute atomic E-state index is 0.00232. The lowest BCUT2D eigenvalue weighted by atomic mass is 10.0. The molecule has 1 aromatic carbocycles. The molecule has 1 aromatic heterocycles. The minimum atomic E-state index is -1.42. The van der Waals surface area contributed by atoms with Gasteiger partial charge in [0.25, 0.3) is 0 Å². The molecule has 0 bridgehead atoms. The molecule has 2 aromatic rings. The lowest BCUT2D eigenvalue weighted by Gasteiger charge is -2.25. The summed E-state index contributed by atoms with van der Waals surface area (Å²) in [6.07, 6.45) is 4.66. The van der Waals surface area contributed by atoms with Crippen molar-refractivity contribution in [2.45, 2.75) is 56.3 Å². The Hall–Kier alpha value is -4.11. The SMILES string of the molecule is CSCCC(NC(=O)C(N)Cc1cnc[nH]1)C(=O)NC(Cc1ccc(O)cc1)C(=O)NC(CCC(N)=O)C(=O)O. The number of aromatic hydroxyl groups is 1. The molecule has 0 saturated heterocycles. The molecule has 14 nitrogen and oxygen atoms in total. The molecule has 0 saturated carbocycles. The van der Waals surface area contributed by atoms with E-state index in [1.807, 2.05) is 6.26 Å². The van der Waals surface area contributed by atoms with Gasteiger partial charge in [-0.25, -0.2) is 9.78 Å². The third-order valence-electron chi connectivity index (χ3n) is 5.88. The van der Waals surface area contributed by atoms with Crippen molar-refractivity contribution in [2.75, 3.05) is 12.0 Å². The van der Waals surface area contributed by atoms with Crippen LogP contribution in [0.25, 0.3) is 0 Å². The summed E-state index contributed by atoms with van der Waals surface area (Å²) < 4.78 is 0. The Morgan fingerprint density at radius 2 is 1.57 bits per heavy atom. The first-order valence-corrected chi connectivity index (χ1v) is 13.8. The number of carbonyl (C=O) groups is 5. The van der Waals surface area contributed by atoms with Gasteiger partial charge in [-0.15, -0.1) is 0 Å². The molecule has 15 heteroatoms. The Morgan fingerprint density at radius 1 is 0.950 bits per heavy atom. The number of rotatable bonds is 17. The summed E-state index contributed by atoms with van der Waals surface area (Å²) in [6.45, 7) is 0. The molecule has 0 aliphatic carbocycles. The predicted octanol–water partition coefficient (Wildman–Crippen LogP) is -1.21. The van der Waals surface area contributed by atoms with Gasteiger partial charge in [0.1, 0.15) is 23.9 Å². The second kappa shape index (κ2) is 16.1. The number of aromatic nitrogens is 2. The molecule has 218 valence electrons. The Labute approximate surface area is 235 Å². The molecule has 10 N–H and O–H groups in total. The van der Waals surface area contributed by atoms with Gasteiger partial charge in [0.15, 0.2) is 0 Å². The number of H-pyrrole nitrogens is 1. The fraction of sp³-hybridized carbons (Fsp3) is 0.440. The number of phenols is 1. The largest absolute Gasteiger partial charge is 0.508 e. The van der Waals surface area contributed by atoms with Crippen LogP contribution in [0.1, 0.15) is 30.5 Å². The van der Waals surface area contributed by atoms with E-state index in [2.05, 4.69) is 25.9 Å². The number of primary amides is 1. The highest BCUT2D eigenvalue weighted by Gasteiger charge is 2.30. The third kappa shape index (κ3) is 10.9. The standard InChI is InChI=1S/C25H35N7O7S/c1-40-9-8-18(30-22(35)17(26)11-15-12-28-13-29-15)23(36)32-20(10-14-2-4-16(33)5-3-14)24(37)31-19(25(38)39)6-7-21(27)34/h2-5,12-13,17-20,33H,6-11,26H2,1H3,(H2,27,34)(H,28,29)(H,30,35)(H,31,37)(H,32,36)(H,38,39). The zero-order valence-electron chi connectivity index (χ0n) is 22.0. The molecule has 4 amide bonds. The number of benzene rings is 1. The van der Waals surface area contributed by atoms with Crippen LogP contribution in [0.15, 0.2) is 36.8 Å². The summed E-state index contributed by atoms with van der Waals surface area (Å²) >= 11 is 1.45. The zero-order chi connectivity index (χ0) is 29.7. The van der Waals surface area contributed by atoms with Gasteiger partial charge in [-0.1, -0.05) is 12.1 Å². The van der Waals surface area contributed by atoms with Gasteiger partial charge in [-0.3, -0.25) is 19.2 Å². The number of carbonyl (C=O) groups excluding carboxylic acids is 4. The lowest BCUT2D eigenvalue weighted by molar-refractivity contribution is -0.142. The molecule has 4 atom stereocenters. The highest BCUT2D eigenvalue weighted by molar-refractivity contribution is 7.98. The Morgan fingerprint density at radius 3 is 2.15 bits per heavy atom. The number of nitrogens with one attached hydrogen (secondary N) is 4. The topological polar surface area (TPSA) is 243 Å². The van der Waals surface area contributed by atoms with E-state index in [4.69, 9.17) is 11.5 Å². The van der Waals surface area contributed by atoms with Crippen molar-refractivity contribution in [3.8, 4) is 5.75 Å². The van der Waals surface area contributed by atoms with Crippen molar-refractivity contribution in [1.82, 2.24) is 25.9 Å². The number of amides is 4. The summed E-state index contributed by atoms with van der Waals surface area (Å²) in [5.74, 6) is -3.65. The van der Waals surface area contributed by atoms with E-state index in [0.29, 0.717) is 17.0 Å². The second-order valence-corrected chi connectivity index (χ2v) is 10.1. The maximum absolute atomic E-state index is 13.3. The number of hydrogen-bond acceptors (Lipinski definition) is 9. The van der Waals surface area contributed by atoms with E-state index >= 15 is 0 Å². The van der Waals surface area contributed by atoms with Gasteiger partial charge in [-0.2, -0.15) is 11.8 Å². The number of aliphatic carboxylic acids is 1. The number of phenolic OH excluding ortho intramolecular Hbond substituents is 1. The molecule has 40 heavy (non-hydrogen) atoms. The fourth-order valence-corrected chi connectivity index (χ4v) is 4.15. The predicted molar refractivity (Wildman–Crippen MR) is 147 cm³/mol. The van der Waals surface area contributed by atoms with E-state index in [9.17, 15) is 34.2 Å². The summed E-state index contributed by atoms with van der Waals surface area (Å²) in [6, 6.07) is 1.22. The Kier molecular flexibility index (Phi) is 12.9. The van der Waals surface area contributed by atoms with Gasteiger partial charge in [0, 0.05) is 31.2 Å². The molecular weight excluding hydrogens is 542 g/mol. The summed E-state index contributed by atoms with van der Waals surface area (Å²) in [5.41, 5.74) is 12.3. The molecule has 4 unspecified atom stereocenters. The number of nitrogens with two attached hydrogens (primary N) is 2. The maximum Gasteiger partial charge on any atom is 0.326 e. The highest BCUT2D eigenvalue weighted by atomic mass is 32.2. The van der Waals surface area contributed by atoms with Crippen molar-refractivity contribution in [3.05, 3.63) is 48.0 Å². The molecule has 2 rings (SSSR count). The number of thioether (sulfide) groups is 1. The number of carboxylic acids is 1. The van der Waals surface area contributed by atoms with E-state index < -0.39 is 53.8 Å². The maximum atomic E-state index is 13.3. The highest BCUT2D eigenvalue weighted by Crippen LogP contribution is 2.13. The van der Waals surface area contributed by atoms with Crippen LogP contribution >= 0.6 is 11.8 Å². The number of hydrogen-bond donors (Lipinski definition) is 8. The van der Waals surface area contributed by atoms with Crippen LogP contribution in [0.3, 0.4) is 0 Å². The first kappa shape index (κ1) is 32.1. The molecule has 0 radical (unpaired) electrons. The van der Waals surface area contributed by atoms with Crippen LogP contribution in [-0.4, -0.2) is 86.0 Å². The van der Waals surface area contributed by atoms with Crippen molar-refractivity contribution < 1.29 is 34.2 Å². The lowest BCUT2D eigenvalue weighted by Crippen LogP contribution is -2.58. The van der Waals surface area contributed by atoms with Gasteiger partial charge in [0.2, 0.25) is 23.6 Å². The summed E-state index contributed by atoms with van der Waals surface area (Å²) in [5, 5.41) is 26.7. The molecule has 0 spiro atoms. The number of aromatic amines is 1. The molecule has 0 fully saturated rings. The molecule has 1 heterocycles. The molecular formula is C25H35N7O7S. The Balaban J connectivity index is 2.20. The van der Waals surface area contributed by atoms with Gasteiger partial charge >= 0.3 is 5.97 Å². The van der Waals surface area contributed by atoms with Crippen molar-refractivity contribution in [3.63, 3.8) is 0 Å². The molecule has 0 aliphatic rings. The van der Waals surface area contributed by atoms with E-state index in [-0.39, 0.29) is 37.9 Å². The minimum Gasteiger partial charge on any atom is -0.508 e. The van der Waals surface area contributed by atoms with Crippen molar-refractivity contribution in [1.29, 1.82) is 0 Å². The normalized spacial score (nSPS) is 13.8. The van der Waals surface area contributed by atoms with Crippen molar-refractivity contribution >= 4 is 41.4 Å². The smallest absolute Gasteiger partial charge is 0.326 e. The van der Waals surface area contributed by atoms with Crippen LogP contribution in [-0.2, 0) is 36.8 Å².